The van der Waals surface area contributed by atoms with Gasteiger partial charge in [0.2, 0.25) is 0 Å². The number of carboxylic acid groups (broad SMARTS) is 1. The van der Waals surface area contributed by atoms with E-state index in [0.29, 0.717) is 21.2 Å². The lowest BCUT2D eigenvalue weighted by atomic mass is 10.2. The molecule has 0 saturated carbocycles. The number of rotatable bonds is 5. The van der Waals surface area contributed by atoms with Crippen LogP contribution in [-0.4, -0.2) is 16.0 Å². The van der Waals surface area contributed by atoms with Crippen LogP contribution in [0.15, 0.2) is 47.4 Å². The molecule has 0 aliphatic heterocycles. The van der Waals surface area contributed by atoms with Gasteiger partial charge in [0.25, 0.3) is 5.69 Å². The molecule has 2 aromatic carbocycles. The molecular weight excluding hydrogens is 314 g/mol. The second-order valence-electron chi connectivity index (χ2n) is 4.12. The van der Waals surface area contributed by atoms with Crippen molar-refractivity contribution in [2.45, 2.75) is 10.6 Å². The second kappa shape index (κ2) is 6.60. The molecule has 0 fully saturated rings. The predicted molar refractivity (Wildman–Crippen MR) is 81.1 cm³/mol. The van der Waals surface area contributed by atoms with E-state index in [-0.39, 0.29) is 11.3 Å². The van der Waals surface area contributed by atoms with E-state index in [1.165, 1.54) is 36.0 Å². The van der Waals surface area contributed by atoms with Gasteiger partial charge >= 0.3 is 5.97 Å². The normalized spacial score (nSPS) is 10.3. The molecule has 2 aromatic rings. The fourth-order valence-corrected chi connectivity index (χ4v) is 3.05. The molecule has 5 nitrogen and oxygen atoms in total. The topological polar surface area (TPSA) is 80.4 Å². The monoisotopic (exact) mass is 323 g/mol. The van der Waals surface area contributed by atoms with Gasteiger partial charge in [0.05, 0.1) is 21.1 Å². The third-order valence-corrected chi connectivity index (χ3v) is 4.13. The van der Waals surface area contributed by atoms with Crippen LogP contribution in [0.3, 0.4) is 0 Å². The third kappa shape index (κ3) is 3.74. The number of carbonyl (C=O) groups is 1. The van der Waals surface area contributed by atoms with Crippen molar-refractivity contribution in [3.05, 3.63) is 68.7 Å². The number of benzene rings is 2. The van der Waals surface area contributed by atoms with E-state index in [0.717, 1.165) is 0 Å². The van der Waals surface area contributed by atoms with Crippen molar-refractivity contribution in [1.29, 1.82) is 0 Å². The van der Waals surface area contributed by atoms with E-state index in [1.807, 2.05) is 0 Å². The Hall–Kier alpha value is -2.05. The standard InChI is InChI=1S/C14H10ClNO4S/c15-12-5-2-6-13(16(19)20)11(12)8-21-10-4-1-3-9(7-10)14(17)18/h1-7H,8H2,(H,17,18). The van der Waals surface area contributed by atoms with Crippen LogP contribution in [0.5, 0.6) is 0 Å². The Bertz CT molecular complexity index is 705. The Morgan fingerprint density at radius 2 is 2.00 bits per heavy atom. The van der Waals surface area contributed by atoms with Crippen molar-refractivity contribution in [2.24, 2.45) is 0 Å². The minimum Gasteiger partial charge on any atom is -0.478 e. The maximum absolute atomic E-state index is 11.0. The Kier molecular flexibility index (Phi) is 4.82. The molecule has 0 aromatic heterocycles. The van der Waals surface area contributed by atoms with Gasteiger partial charge in [-0.2, -0.15) is 0 Å². The van der Waals surface area contributed by atoms with Crippen LogP contribution in [-0.2, 0) is 5.75 Å². The van der Waals surface area contributed by atoms with Crippen LogP contribution < -0.4 is 0 Å². The summed E-state index contributed by atoms with van der Waals surface area (Å²) in [5, 5.41) is 20.2. The first kappa shape index (κ1) is 15.3. The minimum atomic E-state index is -1.01. The van der Waals surface area contributed by atoms with Crippen LogP contribution >= 0.6 is 23.4 Å². The van der Waals surface area contributed by atoms with E-state index in [9.17, 15) is 14.9 Å². The van der Waals surface area contributed by atoms with Crippen LogP contribution in [0.1, 0.15) is 15.9 Å². The average molecular weight is 324 g/mol. The molecule has 21 heavy (non-hydrogen) atoms. The zero-order chi connectivity index (χ0) is 15.4. The van der Waals surface area contributed by atoms with Crippen molar-refractivity contribution in [3.63, 3.8) is 0 Å². The minimum absolute atomic E-state index is 0.0376. The number of nitrogens with zero attached hydrogens (tertiary/aromatic N) is 1. The third-order valence-electron chi connectivity index (χ3n) is 2.75. The first-order chi connectivity index (χ1) is 9.99. The molecular formula is C14H10ClNO4S. The van der Waals surface area contributed by atoms with Crippen molar-refractivity contribution >= 4 is 35.0 Å². The summed E-state index contributed by atoms with van der Waals surface area (Å²) in [5.74, 6) is -0.722. The number of thioether (sulfide) groups is 1. The number of nitro benzene ring substituents is 1. The molecule has 2 rings (SSSR count). The number of hydrogen-bond acceptors (Lipinski definition) is 4. The Labute approximate surface area is 129 Å². The molecule has 0 aliphatic carbocycles. The molecule has 7 heteroatoms. The van der Waals surface area contributed by atoms with Gasteiger partial charge in [0, 0.05) is 16.7 Å². The Morgan fingerprint density at radius 3 is 2.67 bits per heavy atom. The molecule has 0 amide bonds. The van der Waals surface area contributed by atoms with E-state index in [1.54, 1.807) is 18.2 Å². The van der Waals surface area contributed by atoms with Gasteiger partial charge in [0.1, 0.15) is 0 Å². The van der Waals surface area contributed by atoms with Crippen LogP contribution in [0, 0.1) is 10.1 Å². The largest absolute Gasteiger partial charge is 0.478 e. The molecule has 0 atom stereocenters. The Morgan fingerprint density at radius 1 is 1.29 bits per heavy atom. The molecule has 0 bridgehead atoms. The summed E-state index contributed by atoms with van der Waals surface area (Å²) in [7, 11) is 0. The van der Waals surface area contributed by atoms with Gasteiger partial charge in [0.15, 0.2) is 0 Å². The number of carboxylic acids is 1. The van der Waals surface area contributed by atoms with Crippen molar-refractivity contribution in [2.75, 3.05) is 0 Å². The number of halogens is 1. The molecule has 0 saturated heterocycles. The zero-order valence-electron chi connectivity index (χ0n) is 10.7. The van der Waals surface area contributed by atoms with Crippen LogP contribution in [0.25, 0.3) is 0 Å². The first-order valence-electron chi connectivity index (χ1n) is 5.87. The maximum Gasteiger partial charge on any atom is 0.335 e. The van der Waals surface area contributed by atoms with Crippen molar-refractivity contribution in [1.82, 2.24) is 0 Å². The molecule has 0 spiro atoms. The molecule has 0 radical (unpaired) electrons. The van der Waals surface area contributed by atoms with Gasteiger partial charge in [-0.3, -0.25) is 10.1 Å². The predicted octanol–water partition coefficient (Wildman–Crippen LogP) is 4.24. The summed E-state index contributed by atoms with van der Waals surface area (Å²) >= 11 is 7.31. The first-order valence-corrected chi connectivity index (χ1v) is 7.23. The SMILES string of the molecule is O=C(O)c1cccc(SCc2c(Cl)cccc2[N+](=O)[O-])c1. The van der Waals surface area contributed by atoms with Gasteiger partial charge in [-0.15, -0.1) is 11.8 Å². The summed E-state index contributed by atoms with van der Waals surface area (Å²) in [5.41, 5.74) is 0.563. The molecule has 0 aliphatic rings. The smallest absolute Gasteiger partial charge is 0.335 e. The average Bonchev–Trinajstić information content (AvgIpc) is 2.46. The number of hydrogen-bond donors (Lipinski definition) is 1. The summed E-state index contributed by atoms with van der Waals surface area (Å²) in [6, 6.07) is 10.9. The van der Waals surface area contributed by atoms with Gasteiger partial charge < -0.3 is 5.11 Å². The molecule has 1 N–H and O–H groups in total. The van der Waals surface area contributed by atoms with Gasteiger partial charge in [-0.25, -0.2) is 4.79 Å². The second-order valence-corrected chi connectivity index (χ2v) is 5.57. The molecule has 0 heterocycles. The van der Waals surface area contributed by atoms with E-state index >= 15 is 0 Å². The van der Waals surface area contributed by atoms with E-state index in [4.69, 9.17) is 16.7 Å². The van der Waals surface area contributed by atoms with Crippen molar-refractivity contribution in [3.8, 4) is 0 Å². The number of aromatic carboxylic acids is 1. The van der Waals surface area contributed by atoms with Gasteiger partial charge in [-0.05, 0) is 24.3 Å². The summed E-state index contributed by atoms with van der Waals surface area (Å²) in [4.78, 5) is 22.1. The highest BCUT2D eigenvalue weighted by Gasteiger charge is 2.16. The number of nitro groups is 1. The Balaban J connectivity index is 2.22. The fourth-order valence-electron chi connectivity index (χ4n) is 1.74. The highest BCUT2D eigenvalue weighted by Crippen LogP contribution is 2.33. The van der Waals surface area contributed by atoms with E-state index < -0.39 is 10.9 Å². The van der Waals surface area contributed by atoms with Crippen molar-refractivity contribution < 1.29 is 14.8 Å². The van der Waals surface area contributed by atoms with Crippen LogP contribution in [0.2, 0.25) is 5.02 Å². The lowest BCUT2D eigenvalue weighted by Crippen LogP contribution is -1.96. The summed E-state index contributed by atoms with van der Waals surface area (Å²) in [6.45, 7) is 0. The fraction of sp³-hybridized carbons (Fsp3) is 0.0714. The highest BCUT2D eigenvalue weighted by atomic mass is 35.5. The molecule has 108 valence electrons. The maximum atomic E-state index is 11.0. The van der Waals surface area contributed by atoms with Crippen LogP contribution in [0.4, 0.5) is 5.69 Å². The highest BCUT2D eigenvalue weighted by molar-refractivity contribution is 7.98. The quantitative estimate of drug-likeness (QED) is 0.505. The summed E-state index contributed by atoms with van der Waals surface area (Å²) < 4.78 is 0. The lowest BCUT2D eigenvalue weighted by Gasteiger charge is -2.06. The molecule has 0 unspecified atom stereocenters. The summed E-state index contributed by atoms with van der Waals surface area (Å²) in [6.07, 6.45) is 0. The zero-order valence-corrected chi connectivity index (χ0v) is 12.2. The van der Waals surface area contributed by atoms with Gasteiger partial charge in [-0.1, -0.05) is 23.7 Å². The lowest BCUT2D eigenvalue weighted by molar-refractivity contribution is -0.385. The van der Waals surface area contributed by atoms with E-state index in [2.05, 4.69) is 0 Å².